The molecule has 1 rings (SSSR count). The van der Waals surface area contributed by atoms with E-state index < -0.39 is 0 Å². The molecule has 2 atom stereocenters. The summed E-state index contributed by atoms with van der Waals surface area (Å²) in [5.74, 6) is -0.578. The molecule has 0 radical (unpaired) electrons. The molecule has 0 saturated heterocycles. The number of rotatable bonds is 6. The maximum absolute atomic E-state index is 11.9. The van der Waals surface area contributed by atoms with E-state index in [0.717, 1.165) is 5.56 Å². The molecule has 0 aliphatic rings. The van der Waals surface area contributed by atoms with Gasteiger partial charge in [-0.3, -0.25) is 4.79 Å². The van der Waals surface area contributed by atoms with Crippen molar-refractivity contribution in [2.75, 3.05) is 18.9 Å². The van der Waals surface area contributed by atoms with Gasteiger partial charge in [-0.15, -0.1) is 0 Å². The number of nitrogen functional groups attached to an aromatic ring is 1. The summed E-state index contributed by atoms with van der Waals surface area (Å²) < 4.78 is 10.5. The van der Waals surface area contributed by atoms with E-state index >= 15 is 0 Å². The number of ether oxygens (including phenoxy) is 2. The molecule has 0 amide bonds. The van der Waals surface area contributed by atoms with Gasteiger partial charge in [0.05, 0.1) is 12.5 Å². The van der Waals surface area contributed by atoms with E-state index in [4.69, 9.17) is 15.2 Å². The van der Waals surface area contributed by atoms with Crippen LogP contribution in [-0.4, -0.2) is 25.3 Å². The summed E-state index contributed by atoms with van der Waals surface area (Å²) >= 11 is 0. The minimum atomic E-state index is -0.322. The smallest absolute Gasteiger partial charge is 0.313 e. The Morgan fingerprint density at radius 3 is 2.72 bits per heavy atom. The SMILES string of the molecule is CCOCC(C)OC(=O)C(C)c1cccc(N)c1. The minimum absolute atomic E-state index is 0.235. The fourth-order valence-electron chi connectivity index (χ4n) is 1.58. The summed E-state index contributed by atoms with van der Waals surface area (Å²) in [7, 11) is 0. The van der Waals surface area contributed by atoms with Crippen LogP contribution in [-0.2, 0) is 14.3 Å². The number of anilines is 1. The molecule has 1 aromatic rings. The van der Waals surface area contributed by atoms with Crippen molar-refractivity contribution >= 4 is 11.7 Å². The molecule has 0 aliphatic heterocycles. The fraction of sp³-hybridized carbons (Fsp3) is 0.500. The van der Waals surface area contributed by atoms with Gasteiger partial charge in [-0.05, 0) is 38.5 Å². The second kappa shape index (κ2) is 7.01. The minimum Gasteiger partial charge on any atom is -0.460 e. The molecule has 2 unspecified atom stereocenters. The van der Waals surface area contributed by atoms with E-state index in [2.05, 4.69) is 0 Å². The maximum atomic E-state index is 11.9. The lowest BCUT2D eigenvalue weighted by Gasteiger charge is -2.17. The van der Waals surface area contributed by atoms with Crippen LogP contribution < -0.4 is 5.73 Å². The summed E-state index contributed by atoms with van der Waals surface area (Å²) in [5.41, 5.74) is 7.20. The number of hydrogen-bond donors (Lipinski definition) is 1. The monoisotopic (exact) mass is 251 g/mol. The molecule has 4 nitrogen and oxygen atoms in total. The second-order valence-corrected chi connectivity index (χ2v) is 4.30. The van der Waals surface area contributed by atoms with Gasteiger partial charge in [0.15, 0.2) is 0 Å². The lowest BCUT2D eigenvalue weighted by Crippen LogP contribution is -2.23. The zero-order chi connectivity index (χ0) is 13.5. The zero-order valence-electron chi connectivity index (χ0n) is 11.2. The van der Waals surface area contributed by atoms with E-state index in [1.807, 2.05) is 32.9 Å². The topological polar surface area (TPSA) is 61.5 Å². The van der Waals surface area contributed by atoms with Gasteiger partial charge < -0.3 is 15.2 Å². The number of nitrogens with two attached hydrogens (primary N) is 1. The Morgan fingerprint density at radius 1 is 1.39 bits per heavy atom. The lowest BCUT2D eigenvalue weighted by atomic mass is 10.0. The summed E-state index contributed by atoms with van der Waals surface area (Å²) in [4.78, 5) is 11.9. The quantitative estimate of drug-likeness (QED) is 0.622. The largest absolute Gasteiger partial charge is 0.460 e. The van der Waals surface area contributed by atoms with Crippen molar-refractivity contribution in [3.05, 3.63) is 29.8 Å². The van der Waals surface area contributed by atoms with Crippen molar-refractivity contribution in [1.82, 2.24) is 0 Å². The first-order valence-corrected chi connectivity index (χ1v) is 6.18. The predicted octanol–water partition coefficient (Wildman–Crippen LogP) is 2.34. The average Bonchev–Trinajstić information content (AvgIpc) is 2.35. The van der Waals surface area contributed by atoms with Gasteiger partial charge in [0.1, 0.15) is 6.10 Å². The first-order valence-electron chi connectivity index (χ1n) is 6.18. The molecule has 18 heavy (non-hydrogen) atoms. The van der Waals surface area contributed by atoms with Gasteiger partial charge in [-0.25, -0.2) is 0 Å². The molecule has 0 saturated carbocycles. The highest BCUT2D eigenvalue weighted by atomic mass is 16.6. The summed E-state index contributed by atoms with van der Waals surface area (Å²) in [5, 5.41) is 0. The predicted molar refractivity (Wildman–Crippen MR) is 71.3 cm³/mol. The Hall–Kier alpha value is -1.55. The average molecular weight is 251 g/mol. The molecule has 0 spiro atoms. The Labute approximate surface area is 108 Å². The van der Waals surface area contributed by atoms with Gasteiger partial charge in [0.2, 0.25) is 0 Å². The van der Waals surface area contributed by atoms with Gasteiger partial charge in [-0.1, -0.05) is 12.1 Å². The molecule has 2 N–H and O–H groups in total. The van der Waals surface area contributed by atoms with Crippen molar-refractivity contribution in [2.45, 2.75) is 32.8 Å². The second-order valence-electron chi connectivity index (χ2n) is 4.30. The van der Waals surface area contributed by atoms with E-state index in [0.29, 0.717) is 18.9 Å². The third-order valence-electron chi connectivity index (χ3n) is 2.64. The number of hydrogen-bond acceptors (Lipinski definition) is 4. The highest BCUT2D eigenvalue weighted by Crippen LogP contribution is 2.19. The molecule has 100 valence electrons. The highest BCUT2D eigenvalue weighted by Gasteiger charge is 2.19. The Balaban J connectivity index is 2.56. The molecule has 0 bridgehead atoms. The van der Waals surface area contributed by atoms with Crippen LogP contribution in [0.15, 0.2) is 24.3 Å². The number of benzene rings is 1. The number of esters is 1. The summed E-state index contributed by atoms with van der Waals surface area (Å²) in [6.45, 7) is 6.58. The third-order valence-corrected chi connectivity index (χ3v) is 2.64. The fourth-order valence-corrected chi connectivity index (χ4v) is 1.58. The molecule has 1 aromatic carbocycles. The number of carbonyl (C=O) groups is 1. The summed E-state index contributed by atoms with van der Waals surface area (Å²) in [6, 6.07) is 7.28. The molecular weight excluding hydrogens is 230 g/mol. The first-order chi connectivity index (χ1) is 8.54. The standard InChI is InChI=1S/C14H21NO3/c1-4-17-9-10(2)18-14(16)11(3)12-6-5-7-13(15)8-12/h5-8,10-11H,4,9,15H2,1-3H3. The Bertz CT molecular complexity index is 392. The number of carbonyl (C=O) groups excluding carboxylic acids is 1. The van der Waals surface area contributed by atoms with Crippen molar-refractivity contribution in [3.8, 4) is 0 Å². The van der Waals surface area contributed by atoms with Crippen LogP contribution in [0, 0.1) is 0 Å². The van der Waals surface area contributed by atoms with Crippen molar-refractivity contribution in [2.24, 2.45) is 0 Å². The van der Waals surface area contributed by atoms with Crippen molar-refractivity contribution in [3.63, 3.8) is 0 Å². The normalized spacial score (nSPS) is 13.9. The van der Waals surface area contributed by atoms with Crippen LogP contribution in [0.4, 0.5) is 5.69 Å². The van der Waals surface area contributed by atoms with Crippen LogP contribution in [0.25, 0.3) is 0 Å². The van der Waals surface area contributed by atoms with Crippen LogP contribution in [0.1, 0.15) is 32.3 Å². The molecule has 0 heterocycles. The zero-order valence-corrected chi connectivity index (χ0v) is 11.2. The lowest BCUT2D eigenvalue weighted by molar-refractivity contribution is -0.152. The Morgan fingerprint density at radius 2 is 2.11 bits per heavy atom. The van der Waals surface area contributed by atoms with E-state index in [-0.39, 0.29) is 18.0 Å². The molecule has 0 fully saturated rings. The van der Waals surface area contributed by atoms with Crippen LogP contribution in [0.2, 0.25) is 0 Å². The Kier molecular flexibility index (Phi) is 5.65. The highest BCUT2D eigenvalue weighted by molar-refractivity contribution is 5.78. The van der Waals surface area contributed by atoms with Crippen LogP contribution >= 0.6 is 0 Å². The van der Waals surface area contributed by atoms with Gasteiger partial charge in [0.25, 0.3) is 0 Å². The van der Waals surface area contributed by atoms with E-state index in [1.54, 1.807) is 12.1 Å². The molecule has 4 heteroatoms. The van der Waals surface area contributed by atoms with Gasteiger partial charge in [0, 0.05) is 12.3 Å². The molecule has 0 aliphatic carbocycles. The maximum Gasteiger partial charge on any atom is 0.313 e. The first kappa shape index (κ1) is 14.5. The van der Waals surface area contributed by atoms with Crippen LogP contribution in [0.3, 0.4) is 0 Å². The molecule has 0 aromatic heterocycles. The van der Waals surface area contributed by atoms with Crippen molar-refractivity contribution in [1.29, 1.82) is 0 Å². The van der Waals surface area contributed by atoms with Crippen LogP contribution in [0.5, 0.6) is 0 Å². The van der Waals surface area contributed by atoms with E-state index in [1.165, 1.54) is 0 Å². The molecular formula is C14H21NO3. The summed E-state index contributed by atoms with van der Waals surface area (Å²) in [6.07, 6.45) is -0.235. The van der Waals surface area contributed by atoms with Gasteiger partial charge >= 0.3 is 5.97 Å². The van der Waals surface area contributed by atoms with Gasteiger partial charge in [-0.2, -0.15) is 0 Å². The van der Waals surface area contributed by atoms with Crippen molar-refractivity contribution < 1.29 is 14.3 Å². The van der Waals surface area contributed by atoms with E-state index in [9.17, 15) is 4.79 Å². The third kappa shape index (κ3) is 4.37.